The van der Waals surface area contributed by atoms with Crippen LogP contribution in [0.25, 0.3) is 0 Å². The molecule has 150 valence electrons. The number of amides is 2. The molecule has 4 nitrogen and oxygen atoms in total. The molecule has 0 aliphatic heterocycles. The number of hydrogen-bond acceptors (Lipinski definition) is 2. The van der Waals surface area contributed by atoms with Crippen molar-refractivity contribution in [3.05, 3.63) is 71.0 Å². The normalized spacial score (nSPS) is 12.5. The number of hydrogen-bond donors (Lipinski definition) is 2. The molecule has 2 aromatic carbocycles. The number of halogens is 4. The molecule has 0 saturated carbocycles. The van der Waals surface area contributed by atoms with E-state index in [1.807, 2.05) is 0 Å². The lowest BCUT2D eigenvalue weighted by molar-refractivity contribution is -0.137. The smallest absolute Gasteiger partial charge is 0.350 e. The second kappa shape index (κ2) is 8.86. The predicted octanol–water partition coefficient (Wildman–Crippen LogP) is 3.92. The lowest BCUT2D eigenvalue weighted by Crippen LogP contribution is -2.49. The summed E-state index contributed by atoms with van der Waals surface area (Å²) >= 11 is 0. The van der Waals surface area contributed by atoms with Crippen LogP contribution in [0, 0.1) is 11.7 Å². The van der Waals surface area contributed by atoms with Crippen LogP contribution >= 0.6 is 0 Å². The summed E-state index contributed by atoms with van der Waals surface area (Å²) in [5, 5.41) is 5.20. The van der Waals surface area contributed by atoms with Crippen LogP contribution in [0.5, 0.6) is 0 Å². The first kappa shape index (κ1) is 21.4. The van der Waals surface area contributed by atoms with E-state index in [1.54, 1.807) is 13.8 Å². The fourth-order valence-electron chi connectivity index (χ4n) is 2.47. The van der Waals surface area contributed by atoms with Gasteiger partial charge in [-0.25, -0.2) is 4.39 Å². The van der Waals surface area contributed by atoms with Gasteiger partial charge in [0.15, 0.2) is 0 Å². The van der Waals surface area contributed by atoms with E-state index in [9.17, 15) is 27.2 Å². The van der Waals surface area contributed by atoms with Gasteiger partial charge in [0.1, 0.15) is 11.9 Å². The van der Waals surface area contributed by atoms with E-state index in [2.05, 4.69) is 10.6 Å². The van der Waals surface area contributed by atoms with Gasteiger partial charge in [-0.1, -0.05) is 26.0 Å². The summed E-state index contributed by atoms with van der Waals surface area (Å²) in [4.78, 5) is 24.7. The lowest BCUT2D eigenvalue weighted by Gasteiger charge is -2.22. The third kappa shape index (κ3) is 5.80. The first-order chi connectivity index (χ1) is 13.1. The molecule has 2 amide bonds. The van der Waals surface area contributed by atoms with Crippen molar-refractivity contribution in [2.45, 2.75) is 32.6 Å². The molecular formula is C20H20F4N2O2. The highest BCUT2D eigenvalue weighted by atomic mass is 19.4. The van der Waals surface area contributed by atoms with Crippen molar-refractivity contribution in [1.82, 2.24) is 10.6 Å². The highest BCUT2D eigenvalue weighted by molar-refractivity contribution is 5.97. The molecule has 0 spiro atoms. The van der Waals surface area contributed by atoms with Crippen molar-refractivity contribution in [2.75, 3.05) is 0 Å². The molecule has 0 bridgehead atoms. The van der Waals surface area contributed by atoms with Gasteiger partial charge >= 0.3 is 6.18 Å². The van der Waals surface area contributed by atoms with E-state index in [0.29, 0.717) is 5.56 Å². The van der Waals surface area contributed by atoms with E-state index in [0.717, 1.165) is 24.3 Å². The van der Waals surface area contributed by atoms with Crippen LogP contribution in [0.15, 0.2) is 48.5 Å². The Morgan fingerprint density at radius 1 is 0.964 bits per heavy atom. The largest absolute Gasteiger partial charge is 0.416 e. The molecule has 0 aliphatic carbocycles. The maximum Gasteiger partial charge on any atom is 0.416 e. The highest BCUT2D eigenvalue weighted by Gasteiger charge is 2.30. The highest BCUT2D eigenvalue weighted by Crippen LogP contribution is 2.29. The second-order valence-corrected chi connectivity index (χ2v) is 6.61. The van der Waals surface area contributed by atoms with E-state index in [4.69, 9.17) is 0 Å². The van der Waals surface area contributed by atoms with Crippen LogP contribution in [0.1, 0.15) is 35.3 Å². The van der Waals surface area contributed by atoms with Crippen molar-refractivity contribution in [3.63, 3.8) is 0 Å². The van der Waals surface area contributed by atoms with Crippen molar-refractivity contribution in [3.8, 4) is 0 Å². The van der Waals surface area contributed by atoms with Gasteiger partial charge in [-0.3, -0.25) is 9.59 Å². The molecule has 2 rings (SSSR count). The van der Waals surface area contributed by atoms with Crippen LogP contribution in [0.4, 0.5) is 17.6 Å². The maximum atomic E-state index is 13.0. The zero-order valence-corrected chi connectivity index (χ0v) is 15.3. The number of nitrogens with one attached hydrogen (secondary N) is 2. The second-order valence-electron chi connectivity index (χ2n) is 6.61. The van der Waals surface area contributed by atoms with Crippen molar-refractivity contribution in [1.29, 1.82) is 0 Å². The standard InChI is InChI=1S/C20H20F4N2O2/c1-12(2)17(26-18(27)14-5-9-16(21)10-6-14)19(28)25-11-13-3-7-15(8-4-13)20(22,23)24/h3-10,12,17H,11H2,1-2H3,(H,25,28)(H,26,27). The molecule has 0 radical (unpaired) electrons. The summed E-state index contributed by atoms with van der Waals surface area (Å²) in [6.07, 6.45) is -4.42. The molecular weight excluding hydrogens is 376 g/mol. The summed E-state index contributed by atoms with van der Waals surface area (Å²) < 4.78 is 50.7. The van der Waals surface area contributed by atoms with Gasteiger partial charge in [0.2, 0.25) is 5.91 Å². The predicted molar refractivity (Wildman–Crippen MR) is 95.8 cm³/mol. The Morgan fingerprint density at radius 2 is 1.54 bits per heavy atom. The van der Waals surface area contributed by atoms with Gasteiger partial charge in [-0.2, -0.15) is 13.2 Å². The Balaban J connectivity index is 1.99. The van der Waals surface area contributed by atoms with Crippen LogP contribution < -0.4 is 10.6 Å². The van der Waals surface area contributed by atoms with Crippen molar-refractivity contribution in [2.24, 2.45) is 5.92 Å². The molecule has 0 aliphatic rings. The average molecular weight is 396 g/mol. The van der Waals surface area contributed by atoms with Crippen LogP contribution in [0.2, 0.25) is 0 Å². The Hall–Kier alpha value is -2.90. The van der Waals surface area contributed by atoms with Crippen LogP contribution in [-0.2, 0) is 17.5 Å². The Labute approximate surface area is 159 Å². The summed E-state index contributed by atoms with van der Waals surface area (Å²) in [6.45, 7) is 3.51. The molecule has 2 aromatic rings. The first-order valence-electron chi connectivity index (χ1n) is 8.58. The van der Waals surface area contributed by atoms with E-state index < -0.39 is 35.4 Å². The summed E-state index contributed by atoms with van der Waals surface area (Å²) in [5.41, 5.74) is -0.0644. The minimum atomic E-state index is -4.42. The lowest BCUT2D eigenvalue weighted by atomic mass is 10.0. The third-order valence-electron chi connectivity index (χ3n) is 4.09. The molecule has 1 atom stereocenters. The molecule has 0 fully saturated rings. The van der Waals surface area contributed by atoms with E-state index in [-0.39, 0.29) is 18.0 Å². The molecule has 28 heavy (non-hydrogen) atoms. The van der Waals surface area contributed by atoms with Gasteiger partial charge in [0.25, 0.3) is 5.91 Å². The Bertz CT molecular complexity index is 816. The third-order valence-corrected chi connectivity index (χ3v) is 4.09. The first-order valence-corrected chi connectivity index (χ1v) is 8.58. The Kier molecular flexibility index (Phi) is 6.77. The SMILES string of the molecule is CC(C)C(NC(=O)c1ccc(F)cc1)C(=O)NCc1ccc(C(F)(F)F)cc1. The summed E-state index contributed by atoms with van der Waals surface area (Å²) in [5.74, 6) is -1.71. The van der Waals surface area contributed by atoms with E-state index in [1.165, 1.54) is 24.3 Å². The zero-order valence-electron chi connectivity index (χ0n) is 15.3. The fourth-order valence-corrected chi connectivity index (χ4v) is 2.47. The summed E-state index contributed by atoms with van der Waals surface area (Å²) in [7, 11) is 0. The Morgan fingerprint density at radius 3 is 2.04 bits per heavy atom. The number of benzene rings is 2. The molecule has 8 heteroatoms. The minimum Gasteiger partial charge on any atom is -0.350 e. The number of carbonyl (C=O) groups excluding carboxylic acids is 2. The van der Waals surface area contributed by atoms with Gasteiger partial charge in [0.05, 0.1) is 5.56 Å². The topological polar surface area (TPSA) is 58.2 Å². The minimum absolute atomic E-state index is 0.0204. The average Bonchev–Trinajstić information content (AvgIpc) is 2.64. The van der Waals surface area contributed by atoms with Crippen LogP contribution in [-0.4, -0.2) is 17.9 Å². The van der Waals surface area contributed by atoms with Gasteiger partial charge in [-0.05, 0) is 47.9 Å². The number of alkyl halides is 3. The van der Waals surface area contributed by atoms with Gasteiger partial charge in [0, 0.05) is 12.1 Å². The monoisotopic (exact) mass is 396 g/mol. The molecule has 0 saturated heterocycles. The zero-order chi connectivity index (χ0) is 20.9. The van der Waals surface area contributed by atoms with Crippen LogP contribution in [0.3, 0.4) is 0 Å². The van der Waals surface area contributed by atoms with Gasteiger partial charge in [-0.15, -0.1) is 0 Å². The number of carbonyl (C=O) groups is 2. The van der Waals surface area contributed by atoms with Gasteiger partial charge < -0.3 is 10.6 Å². The molecule has 0 heterocycles. The molecule has 2 N–H and O–H groups in total. The molecule has 1 unspecified atom stereocenters. The van der Waals surface area contributed by atoms with Crippen molar-refractivity contribution < 1.29 is 27.2 Å². The van der Waals surface area contributed by atoms with E-state index >= 15 is 0 Å². The maximum absolute atomic E-state index is 13.0. The summed E-state index contributed by atoms with van der Waals surface area (Å²) in [6, 6.07) is 8.50. The fraction of sp³-hybridized carbons (Fsp3) is 0.300. The number of rotatable bonds is 6. The van der Waals surface area contributed by atoms with Crippen molar-refractivity contribution >= 4 is 11.8 Å². The molecule has 0 aromatic heterocycles. The quantitative estimate of drug-likeness (QED) is 0.728.